The van der Waals surface area contributed by atoms with Gasteiger partial charge < -0.3 is 21.3 Å². The third-order valence-electron chi connectivity index (χ3n) is 4.40. The molecule has 1 aliphatic heterocycles. The lowest BCUT2D eigenvalue weighted by molar-refractivity contribution is -0.137. The molecule has 1 aliphatic rings. The first-order valence-electron chi connectivity index (χ1n) is 9.08. The second-order valence-corrected chi connectivity index (χ2v) is 8.78. The molecule has 2 amide bonds. The van der Waals surface area contributed by atoms with Crippen molar-refractivity contribution in [3.63, 3.8) is 0 Å². The van der Waals surface area contributed by atoms with Crippen molar-refractivity contribution in [2.24, 2.45) is 0 Å². The van der Waals surface area contributed by atoms with E-state index in [9.17, 15) is 18.0 Å². The number of anilines is 1. The largest absolute Gasteiger partial charge is 0.417 e. The topological polar surface area (TPSA) is 78.1 Å². The number of hydrogen-bond acceptors (Lipinski definition) is 4. The highest BCUT2D eigenvalue weighted by Gasteiger charge is 2.38. The molecule has 0 bridgehead atoms. The van der Waals surface area contributed by atoms with Crippen LogP contribution in [0.25, 0.3) is 0 Å². The molecule has 0 saturated carbocycles. The molecule has 0 radical (unpaired) electrons. The average molecular weight is 422 g/mol. The zero-order valence-electron chi connectivity index (χ0n) is 16.4. The monoisotopic (exact) mass is 421 g/mol. The van der Waals surface area contributed by atoms with Gasteiger partial charge >= 0.3 is 12.2 Å². The lowest BCUT2D eigenvalue weighted by Crippen LogP contribution is -2.62. The maximum Gasteiger partial charge on any atom is 0.417 e. The molecule has 10 heteroatoms. The van der Waals surface area contributed by atoms with Crippen LogP contribution in [0.2, 0.25) is 5.02 Å². The number of halogens is 4. The van der Waals surface area contributed by atoms with E-state index in [4.69, 9.17) is 11.6 Å². The van der Waals surface area contributed by atoms with Crippen molar-refractivity contribution < 1.29 is 18.0 Å². The molecule has 1 saturated heterocycles. The first kappa shape index (κ1) is 22.5. The van der Waals surface area contributed by atoms with Crippen LogP contribution in [0.1, 0.15) is 46.1 Å². The Bertz CT molecular complexity index is 693. The highest BCUT2D eigenvalue weighted by molar-refractivity contribution is 6.32. The van der Waals surface area contributed by atoms with Crippen molar-refractivity contribution in [1.82, 2.24) is 20.9 Å². The zero-order chi connectivity index (χ0) is 21.2. The van der Waals surface area contributed by atoms with Crippen LogP contribution in [0, 0.1) is 0 Å². The number of nitrogens with zero attached hydrogens (tertiary/aromatic N) is 1. The third kappa shape index (κ3) is 6.70. The molecule has 0 unspecified atom stereocenters. The van der Waals surface area contributed by atoms with E-state index in [2.05, 4.69) is 53.9 Å². The van der Waals surface area contributed by atoms with Crippen LogP contribution in [-0.2, 0) is 6.18 Å². The van der Waals surface area contributed by atoms with Crippen molar-refractivity contribution in [1.29, 1.82) is 0 Å². The number of carbonyl (C=O) groups excluding carboxylic acids is 1. The van der Waals surface area contributed by atoms with Gasteiger partial charge in [-0.2, -0.15) is 13.2 Å². The number of nitrogens with one attached hydrogen (secondary N) is 4. The molecule has 0 aromatic carbocycles. The number of amides is 2. The maximum absolute atomic E-state index is 12.6. The summed E-state index contributed by atoms with van der Waals surface area (Å²) in [5.74, 6) is 0.138. The number of alkyl halides is 3. The fraction of sp³-hybridized carbons (Fsp3) is 0.667. The van der Waals surface area contributed by atoms with Crippen LogP contribution in [0.4, 0.5) is 23.8 Å². The van der Waals surface area contributed by atoms with Gasteiger partial charge in [-0.3, -0.25) is 0 Å². The summed E-state index contributed by atoms with van der Waals surface area (Å²) in [5.41, 5.74) is -1.06. The molecule has 2 rings (SSSR count). The Balaban J connectivity index is 1.77. The van der Waals surface area contributed by atoms with Gasteiger partial charge in [0.25, 0.3) is 0 Å². The molecule has 4 N–H and O–H groups in total. The molecule has 6 nitrogen and oxygen atoms in total. The molecule has 2 heterocycles. The standard InChI is InChI=1S/C18H27ClF3N5O/c1-16(2)8-12(9-17(3,4)27-16)26-15(28)24-6-5-23-14-13(19)7-11(10-25-14)18(20,21)22/h7,10,12,27H,5-6,8-9H2,1-4H3,(H,23,25)(H2,24,26,28). The van der Waals surface area contributed by atoms with E-state index in [-0.39, 0.29) is 47.1 Å². The van der Waals surface area contributed by atoms with Crippen molar-refractivity contribution in [2.45, 2.75) is 63.8 Å². The minimum Gasteiger partial charge on any atom is -0.367 e. The Morgan fingerprint density at radius 1 is 1.25 bits per heavy atom. The second kappa shape index (κ2) is 8.32. The summed E-state index contributed by atoms with van der Waals surface area (Å²) in [6.07, 6.45) is -2.15. The molecule has 1 fully saturated rings. The predicted octanol–water partition coefficient (Wildman–Crippen LogP) is 3.77. The van der Waals surface area contributed by atoms with Gasteiger partial charge in [0.15, 0.2) is 0 Å². The van der Waals surface area contributed by atoms with E-state index >= 15 is 0 Å². The van der Waals surface area contributed by atoms with Gasteiger partial charge in [-0.1, -0.05) is 11.6 Å². The van der Waals surface area contributed by atoms with Crippen LogP contribution in [0.15, 0.2) is 12.3 Å². The molecular formula is C18H27ClF3N5O. The van der Waals surface area contributed by atoms with Crippen molar-refractivity contribution in [3.8, 4) is 0 Å². The first-order valence-corrected chi connectivity index (χ1v) is 9.46. The zero-order valence-corrected chi connectivity index (χ0v) is 17.2. The second-order valence-electron chi connectivity index (χ2n) is 8.38. The summed E-state index contributed by atoms with van der Waals surface area (Å²) < 4.78 is 37.8. The summed E-state index contributed by atoms with van der Waals surface area (Å²) in [6, 6.07) is 0.578. The van der Waals surface area contributed by atoms with Gasteiger partial charge in [0.1, 0.15) is 5.82 Å². The van der Waals surface area contributed by atoms with E-state index in [1.165, 1.54) is 0 Å². The molecular weight excluding hydrogens is 395 g/mol. The average Bonchev–Trinajstić information content (AvgIpc) is 2.48. The van der Waals surface area contributed by atoms with E-state index in [1.807, 2.05) is 0 Å². The fourth-order valence-electron chi connectivity index (χ4n) is 3.74. The Kier molecular flexibility index (Phi) is 6.70. The number of hydrogen-bond donors (Lipinski definition) is 4. The molecule has 28 heavy (non-hydrogen) atoms. The minimum absolute atomic E-state index is 0.0465. The highest BCUT2D eigenvalue weighted by atomic mass is 35.5. The molecule has 0 spiro atoms. The summed E-state index contributed by atoms with van der Waals surface area (Å²) in [6.45, 7) is 8.95. The lowest BCUT2D eigenvalue weighted by Gasteiger charge is -2.46. The van der Waals surface area contributed by atoms with E-state index in [0.717, 1.165) is 25.1 Å². The van der Waals surface area contributed by atoms with Crippen molar-refractivity contribution in [2.75, 3.05) is 18.4 Å². The van der Waals surface area contributed by atoms with E-state index < -0.39 is 11.7 Å². The Labute approximate surface area is 168 Å². The Hall–Kier alpha value is -1.74. The number of rotatable bonds is 5. The number of pyridine rings is 1. The number of urea groups is 1. The lowest BCUT2D eigenvalue weighted by atomic mass is 9.80. The number of piperidine rings is 1. The third-order valence-corrected chi connectivity index (χ3v) is 4.69. The van der Waals surface area contributed by atoms with Gasteiger partial charge in [-0.25, -0.2) is 9.78 Å². The van der Waals surface area contributed by atoms with E-state index in [0.29, 0.717) is 0 Å². The van der Waals surface area contributed by atoms with Crippen LogP contribution in [0.3, 0.4) is 0 Å². The van der Waals surface area contributed by atoms with Crippen LogP contribution < -0.4 is 21.3 Å². The van der Waals surface area contributed by atoms with Gasteiger partial charge in [-0.15, -0.1) is 0 Å². The molecule has 0 aliphatic carbocycles. The van der Waals surface area contributed by atoms with Crippen LogP contribution >= 0.6 is 11.6 Å². The van der Waals surface area contributed by atoms with E-state index in [1.54, 1.807) is 0 Å². The quantitative estimate of drug-likeness (QED) is 0.546. The fourth-order valence-corrected chi connectivity index (χ4v) is 3.97. The van der Waals surface area contributed by atoms with Gasteiger partial charge in [-0.05, 0) is 46.6 Å². The normalized spacial score (nSPS) is 19.1. The van der Waals surface area contributed by atoms with Crippen molar-refractivity contribution >= 4 is 23.4 Å². The van der Waals surface area contributed by atoms with Crippen LogP contribution in [-0.4, -0.2) is 41.2 Å². The van der Waals surface area contributed by atoms with Gasteiger partial charge in [0.05, 0.1) is 10.6 Å². The van der Waals surface area contributed by atoms with Gasteiger partial charge in [0.2, 0.25) is 0 Å². The highest BCUT2D eigenvalue weighted by Crippen LogP contribution is 2.32. The first-order chi connectivity index (χ1) is 12.8. The maximum atomic E-state index is 12.6. The number of carbonyl (C=O) groups is 1. The molecule has 158 valence electrons. The molecule has 1 aromatic heterocycles. The number of aromatic nitrogens is 1. The Morgan fingerprint density at radius 2 is 1.86 bits per heavy atom. The van der Waals surface area contributed by atoms with Crippen molar-refractivity contribution in [3.05, 3.63) is 22.8 Å². The minimum atomic E-state index is -4.49. The van der Waals surface area contributed by atoms with Gasteiger partial charge in [0, 0.05) is 36.4 Å². The molecule has 1 aromatic rings. The summed E-state index contributed by atoms with van der Waals surface area (Å²) in [7, 11) is 0. The Morgan fingerprint density at radius 3 is 2.39 bits per heavy atom. The molecule has 0 atom stereocenters. The predicted molar refractivity (Wildman–Crippen MR) is 104 cm³/mol. The van der Waals surface area contributed by atoms with Crippen LogP contribution in [0.5, 0.6) is 0 Å². The summed E-state index contributed by atoms with van der Waals surface area (Å²) in [5, 5.41) is 11.9. The summed E-state index contributed by atoms with van der Waals surface area (Å²) in [4.78, 5) is 15.8. The summed E-state index contributed by atoms with van der Waals surface area (Å²) >= 11 is 5.83. The smallest absolute Gasteiger partial charge is 0.367 e. The SMILES string of the molecule is CC1(C)CC(NC(=O)NCCNc2ncc(C(F)(F)F)cc2Cl)CC(C)(C)N1.